The van der Waals surface area contributed by atoms with Crippen LogP contribution in [-0.4, -0.2) is 26.2 Å². The number of nitro groups is 1. The van der Waals surface area contributed by atoms with Gasteiger partial charge in [0.2, 0.25) is 0 Å². The summed E-state index contributed by atoms with van der Waals surface area (Å²) in [6.07, 6.45) is 4.53. The van der Waals surface area contributed by atoms with E-state index in [4.69, 9.17) is 4.42 Å². The van der Waals surface area contributed by atoms with Crippen LogP contribution in [0.5, 0.6) is 0 Å². The number of hydrogen-bond acceptors (Lipinski definition) is 6. The van der Waals surface area contributed by atoms with E-state index in [1.165, 1.54) is 12.1 Å². The molecule has 21 heavy (non-hydrogen) atoms. The van der Waals surface area contributed by atoms with Gasteiger partial charge in [-0.25, -0.2) is 0 Å². The molecule has 0 fully saturated rings. The average Bonchev–Trinajstić information content (AvgIpc) is 3.03. The molecule has 2 heterocycles. The average molecular weight is 287 g/mol. The molecule has 3 rings (SSSR count). The van der Waals surface area contributed by atoms with Gasteiger partial charge in [0.15, 0.2) is 5.58 Å². The van der Waals surface area contributed by atoms with Crippen molar-refractivity contribution in [2.24, 2.45) is 7.05 Å². The second-order valence-corrected chi connectivity index (χ2v) is 4.63. The molecule has 1 aromatic carbocycles. The molecule has 0 amide bonds. The van der Waals surface area contributed by atoms with Gasteiger partial charge >= 0.3 is 0 Å². The first-order valence-electron chi connectivity index (χ1n) is 6.38. The summed E-state index contributed by atoms with van der Waals surface area (Å²) in [6.45, 7) is 0.639. The van der Waals surface area contributed by atoms with Crippen molar-refractivity contribution in [3.8, 4) is 0 Å². The molecule has 0 saturated heterocycles. The van der Waals surface area contributed by atoms with Crippen molar-refractivity contribution in [3.63, 3.8) is 0 Å². The molecule has 0 aliphatic rings. The molecule has 1 N–H and O–H groups in total. The first-order valence-corrected chi connectivity index (χ1v) is 6.38. The topological polar surface area (TPSA) is 99.0 Å². The molecule has 0 aliphatic heterocycles. The summed E-state index contributed by atoms with van der Waals surface area (Å²) in [5, 5.41) is 17.9. The third-order valence-corrected chi connectivity index (χ3v) is 3.03. The van der Waals surface area contributed by atoms with Crippen molar-refractivity contribution in [1.82, 2.24) is 14.8 Å². The SMILES string of the molecule is Cn1cc(CCNc2nc3cc([N+](=O)[O-])ccc3o2)cn1. The lowest BCUT2D eigenvalue weighted by Gasteiger charge is -1.98. The Balaban J connectivity index is 1.68. The van der Waals surface area contributed by atoms with Crippen molar-refractivity contribution >= 4 is 22.8 Å². The van der Waals surface area contributed by atoms with E-state index in [1.807, 2.05) is 13.2 Å². The summed E-state index contributed by atoms with van der Waals surface area (Å²) in [6, 6.07) is 4.69. The maximum atomic E-state index is 10.7. The maximum absolute atomic E-state index is 10.7. The highest BCUT2D eigenvalue weighted by Gasteiger charge is 2.11. The largest absolute Gasteiger partial charge is 0.424 e. The number of nitrogens with one attached hydrogen (secondary N) is 1. The highest BCUT2D eigenvalue weighted by molar-refractivity contribution is 5.77. The number of aromatic nitrogens is 3. The summed E-state index contributed by atoms with van der Waals surface area (Å²) in [5.41, 5.74) is 2.09. The molecule has 3 aromatic rings. The molecule has 0 unspecified atom stereocenters. The normalized spacial score (nSPS) is 10.9. The molecule has 0 saturated carbocycles. The highest BCUT2D eigenvalue weighted by atomic mass is 16.6. The number of nitro benzene ring substituents is 1. The van der Waals surface area contributed by atoms with Gasteiger partial charge in [0.25, 0.3) is 11.7 Å². The molecule has 0 atom stereocenters. The fourth-order valence-electron chi connectivity index (χ4n) is 2.02. The van der Waals surface area contributed by atoms with Crippen LogP contribution in [0.1, 0.15) is 5.56 Å². The second-order valence-electron chi connectivity index (χ2n) is 4.63. The quantitative estimate of drug-likeness (QED) is 0.570. The molecular formula is C13H13N5O3. The first-order chi connectivity index (χ1) is 10.1. The fourth-order valence-corrected chi connectivity index (χ4v) is 2.02. The monoisotopic (exact) mass is 287 g/mol. The summed E-state index contributed by atoms with van der Waals surface area (Å²) >= 11 is 0. The van der Waals surface area contributed by atoms with Crippen LogP contribution in [0.2, 0.25) is 0 Å². The first kappa shape index (κ1) is 13.1. The van der Waals surface area contributed by atoms with Crippen LogP contribution >= 0.6 is 0 Å². The van der Waals surface area contributed by atoms with E-state index in [2.05, 4.69) is 15.4 Å². The van der Waals surface area contributed by atoms with Crippen molar-refractivity contribution < 1.29 is 9.34 Å². The number of oxazole rings is 1. The molecule has 0 aliphatic carbocycles. The Hall–Kier alpha value is -2.90. The van der Waals surface area contributed by atoms with Crippen LogP contribution in [0.3, 0.4) is 0 Å². The smallest absolute Gasteiger partial charge is 0.295 e. The molecule has 8 heteroatoms. The number of fused-ring (bicyclic) bond motifs is 1. The lowest BCUT2D eigenvalue weighted by molar-refractivity contribution is -0.384. The van der Waals surface area contributed by atoms with Gasteiger partial charge in [-0.2, -0.15) is 10.1 Å². The highest BCUT2D eigenvalue weighted by Crippen LogP contribution is 2.23. The predicted octanol–water partition coefficient (Wildman–Crippen LogP) is 2.12. The van der Waals surface area contributed by atoms with E-state index in [9.17, 15) is 10.1 Å². The zero-order chi connectivity index (χ0) is 14.8. The van der Waals surface area contributed by atoms with Crippen molar-refractivity contribution in [2.75, 3.05) is 11.9 Å². The maximum Gasteiger partial charge on any atom is 0.295 e. The Labute approximate surface area is 119 Å². The third-order valence-electron chi connectivity index (χ3n) is 3.03. The van der Waals surface area contributed by atoms with Crippen LogP contribution in [0.25, 0.3) is 11.1 Å². The van der Waals surface area contributed by atoms with E-state index in [-0.39, 0.29) is 5.69 Å². The number of anilines is 1. The van der Waals surface area contributed by atoms with Gasteiger partial charge in [-0.05, 0) is 18.1 Å². The summed E-state index contributed by atoms with van der Waals surface area (Å²) in [5.74, 6) is 0. The Morgan fingerprint density at radius 2 is 2.33 bits per heavy atom. The van der Waals surface area contributed by atoms with Gasteiger partial charge in [0, 0.05) is 31.9 Å². The van der Waals surface area contributed by atoms with E-state index in [0.29, 0.717) is 23.7 Å². The van der Waals surface area contributed by atoms with E-state index >= 15 is 0 Å². The Bertz CT molecular complexity index is 792. The molecule has 0 radical (unpaired) electrons. The molecule has 8 nitrogen and oxygen atoms in total. The Kier molecular flexibility index (Phi) is 3.27. The number of rotatable bonds is 5. The van der Waals surface area contributed by atoms with Crippen LogP contribution in [0.15, 0.2) is 35.0 Å². The van der Waals surface area contributed by atoms with Crippen LogP contribution < -0.4 is 5.32 Å². The minimum absolute atomic E-state index is 0.00212. The zero-order valence-corrected chi connectivity index (χ0v) is 11.3. The Morgan fingerprint density at radius 3 is 3.05 bits per heavy atom. The summed E-state index contributed by atoms with van der Waals surface area (Å²) < 4.78 is 7.22. The van der Waals surface area contributed by atoms with Crippen molar-refractivity contribution in [1.29, 1.82) is 0 Å². The third kappa shape index (κ3) is 2.83. The van der Waals surface area contributed by atoms with E-state index in [1.54, 1.807) is 16.9 Å². The fraction of sp³-hybridized carbons (Fsp3) is 0.231. The van der Waals surface area contributed by atoms with Crippen molar-refractivity contribution in [3.05, 3.63) is 46.3 Å². The van der Waals surface area contributed by atoms with Crippen LogP contribution in [0, 0.1) is 10.1 Å². The summed E-state index contributed by atoms with van der Waals surface area (Å²) in [7, 11) is 1.87. The number of benzene rings is 1. The summed E-state index contributed by atoms with van der Waals surface area (Å²) in [4.78, 5) is 14.4. The van der Waals surface area contributed by atoms with Gasteiger partial charge in [-0.15, -0.1) is 0 Å². The second kappa shape index (κ2) is 5.23. The number of nitrogens with zero attached hydrogens (tertiary/aromatic N) is 4. The molecular weight excluding hydrogens is 274 g/mol. The van der Waals surface area contributed by atoms with Gasteiger partial charge < -0.3 is 9.73 Å². The number of hydrogen-bond donors (Lipinski definition) is 1. The number of non-ortho nitro benzene ring substituents is 1. The minimum atomic E-state index is -0.455. The number of aryl methyl sites for hydroxylation is 1. The van der Waals surface area contributed by atoms with Crippen molar-refractivity contribution in [2.45, 2.75) is 6.42 Å². The molecule has 0 spiro atoms. The minimum Gasteiger partial charge on any atom is -0.424 e. The standard InChI is InChI=1S/C13H13N5O3/c1-17-8-9(7-15-17)4-5-14-13-16-11-6-10(18(19)20)2-3-12(11)21-13/h2-3,6-8H,4-5H2,1H3,(H,14,16). The van der Waals surface area contributed by atoms with Crippen LogP contribution in [0.4, 0.5) is 11.7 Å². The van der Waals surface area contributed by atoms with E-state index in [0.717, 1.165) is 12.0 Å². The lowest BCUT2D eigenvalue weighted by Crippen LogP contribution is -2.04. The molecule has 0 bridgehead atoms. The van der Waals surface area contributed by atoms with E-state index < -0.39 is 4.92 Å². The van der Waals surface area contributed by atoms with Gasteiger partial charge in [0.05, 0.1) is 11.1 Å². The van der Waals surface area contributed by atoms with Gasteiger partial charge in [-0.3, -0.25) is 14.8 Å². The Morgan fingerprint density at radius 1 is 1.48 bits per heavy atom. The van der Waals surface area contributed by atoms with Crippen LogP contribution in [-0.2, 0) is 13.5 Å². The van der Waals surface area contributed by atoms with Gasteiger partial charge in [-0.1, -0.05) is 0 Å². The molecule has 108 valence electrons. The predicted molar refractivity (Wildman–Crippen MR) is 76.1 cm³/mol. The zero-order valence-electron chi connectivity index (χ0n) is 11.3. The molecule has 2 aromatic heterocycles. The van der Waals surface area contributed by atoms with Gasteiger partial charge in [0.1, 0.15) is 5.52 Å². The lowest BCUT2D eigenvalue weighted by atomic mass is 10.2.